The Morgan fingerprint density at radius 2 is 2.19 bits per heavy atom. The third-order valence-corrected chi connectivity index (χ3v) is 2.34. The van der Waals surface area contributed by atoms with Crippen LogP contribution >= 0.6 is 0 Å². The zero-order chi connectivity index (χ0) is 11.2. The molecule has 2 rings (SSSR count). The van der Waals surface area contributed by atoms with Crippen molar-refractivity contribution in [3.8, 4) is 0 Å². The van der Waals surface area contributed by atoms with Crippen LogP contribution in [0.2, 0.25) is 0 Å². The van der Waals surface area contributed by atoms with E-state index in [1.54, 1.807) is 6.20 Å². The van der Waals surface area contributed by atoms with E-state index in [9.17, 15) is 0 Å². The SMILES string of the molecule is CCn1nccc1CNCc1cccnn1. The number of nitrogens with one attached hydrogen (secondary N) is 1. The van der Waals surface area contributed by atoms with Gasteiger partial charge in [0.1, 0.15) is 0 Å². The fraction of sp³-hybridized carbons (Fsp3) is 0.364. The first-order chi connectivity index (χ1) is 7.90. The number of hydrogen-bond acceptors (Lipinski definition) is 4. The van der Waals surface area contributed by atoms with Gasteiger partial charge in [0.2, 0.25) is 0 Å². The maximum Gasteiger partial charge on any atom is 0.0769 e. The molecule has 2 aromatic rings. The van der Waals surface area contributed by atoms with Crippen LogP contribution in [0.15, 0.2) is 30.6 Å². The van der Waals surface area contributed by atoms with Crippen molar-refractivity contribution in [2.24, 2.45) is 0 Å². The molecule has 16 heavy (non-hydrogen) atoms. The minimum Gasteiger partial charge on any atom is -0.305 e. The molecular formula is C11H15N5. The minimum atomic E-state index is 0.725. The molecular weight excluding hydrogens is 202 g/mol. The van der Waals surface area contributed by atoms with Crippen molar-refractivity contribution in [1.29, 1.82) is 0 Å². The van der Waals surface area contributed by atoms with E-state index in [2.05, 4.69) is 27.5 Å². The van der Waals surface area contributed by atoms with Gasteiger partial charge in [-0.3, -0.25) is 4.68 Å². The molecule has 0 radical (unpaired) electrons. The first-order valence-electron chi connectivity index (χ1n) is 5.38. The summed E-state index contributed by atoms with van der Waals surface area (Å²) in [6.45, 7) is 4.50. The highest BCUT2D eigenvalue weighted by Crippen LogP contribution is 1.98. The topological polar surface area (TPSA) is 55.6 Å². The molecule has 0 amide bonds. The van der Waals surface area contributed by atoms with E-state index >= 15 is 0 Å². The first kappa shape index (κ1) is 10.8. The van der Waals surface area contributed by atoms with E-state index in [0.29, 0.717) is 0 Å². The highest BCUT2D eigenvalue weighted by molar-refractivity contribution is 5.02. The van der Waals surface area contributed by atoms with Crippen LogP contribution in [0.4, 0.5) is 0 Å². The average Bonchev–Trinajstić information content (AvgIpc) is 2.78. The quantitative estimate of drug-likeness (QED) is 0.811. The summed E-state index contributed by atoms with van der Waals surface area (Å²) in [5.41, 5.74) is 2.14. The number of nitrogens with zero attached hydrogens (tertiary/aromatic N) is 4. The molecule has 1 N–H and O–H groups in total. The lowest BCUT2D eigenvalue weighted by molar-refractivity contribution is 0.576. The molecule has 0 spiro atoms. The summed E-state index contributed by atoms with van der Waals surface area (Å²) in [5, 5.41) is 15.4. The lowest BCUT2D eigenvalue weighted by atomic mass is 10.3. The van der Waals surface area contributed by atoms with Gasteiger partial charge < -0.3 is 5.32 Å². The monoisotopic (exact) mass is 217 g/mol. The van der Waals surface area contributed by atoms with Crippen molar-refractivity contribution in [1.82, 2.24) is 25.3 Å². The molecule has 2 heterocycles. The first-order valence-corrected chi connectivity index (χ1v) is 5.38. The van der Waals surface area contributed by atoms with Crippen molar-refractivity contribution in [2.75, 3.05) is 0 Å². The summed E-state index contributed by atoms with van der Waals surface area (Å²) in [6, 6.07) is 5.87. The second-order valence-electron chi connectivity index (χ2n) is 3.46. The van der Waals surface area contributed by atoms with Crippen LogP contribution in [0.1, 0.15) is 18.3 Å². The molecule has 0 atom stereocenters. The van der Waals surface area contributed by atoms with Gasteiger partial charge in [0.05, 0.1) is 11.4 Å². The highest BCUT2D eigenvalue weighted by atomic mass is 15.3. The number of hydrogen-bond donors (Lipinski definition) is 1. The molecule has 0 aliphatic rings. The summed E-state index contributed by atoms with van der Waals surface area (Å²) < 4.78 is 1.98. The van der Waals surface area contributed by atoms with Gasteiger partial charge in [-0.15, -0.1) is 0 Å². The Labute approximate surface area is 94.5 Å². The normalized spacial score (nSPS) is 10.6. The molecule has 84 valence electrons. The van der Waals surface area contributed by atoms with E-state index in [1.807, 2.05) is 29.1 Å². The van der Waals surface area contributed by atoms with Crippen molar-refractivity contribution in [2.45, 2.75) is 26.6 Å². The van der Waals surface area contributed by atoms with Crippen molar-refractivity contribution in [3.63, 3.8) is 0 Å². The zero-order valence-corrected chi connectivity index (χ0v) is 9.30. The lowest BCUT2D eigenvalue weighted by Gasteiger charge is -2.05. The number of aryl methyl sites for hydroxylation is 1. The molecule has 0 saturated carbocycles. The summed E-state index contributed by atoms with van der Waals surface area (Å²) >= 11 is 0. The molecule has 0 aliphatic heterocycles. The Morgan fingerprint density at radius 1 is 1.25 bits per heavy atom. The van der Waals surface area contributed by atoms with Crippen molar-refractivity contribution >= 4 is 0 Å². The summed E-state index contributed by atoms with van der Waals surface area (Å²) in [4.78, 5) is 0. The van der Waals surface area contributed by atoms with E-state index in [-0.39, 0.29) is 0 Å². The van der Waals surface area contributed by atoms with Gasteiger partial charge in [-0.1, -0.05) is 0 Å². The Balaban J connectivity index is 1.85. The fourth-order valence-electron chi connectivity index (χ4n) is 1.54. The summed E-state index contributed by atoms with van der Waals surface area (Å²) in [6.07, 6.45) is 3.50. The van der Waals surface area contributed by atoms with Crippen molar-refractivity contribution in [3.05, 3.63) is 42.0 Å². The molecule has 5 nitrogen and oxygen atoms in total. The Bertz CT molecular complexity index is 423. The number of rotatable bonds is 5. The third kappa shape index (κ3) is 2.64. The van der Waals surface area contributed by atoms with Crippen LogP contribution in [-0.4, -0.2) is 20.0 Å². The van der Waals surface area contributed by atoms with Gasteiger partial charge in [-0.2, -0.15) is 15.3 Å². The van der Waals surface area contributed by atoms with Gasteiger partial charge >= 0.3 is 0 Å². The fourth-order valence-corrected chi connectivity index (χ4v) is 1.54. The molecule has 0 unspecified atom stereocenters. The maximum absolute atomic E-state index is 4.21. The van der Waals surface area contributed by atoms with Gasteiger partial charge in [0.15, 0.2) is 0 Å². The molecule has 5 heteroatoms. The average molecular weight is 217 g/mol. The van der Waals surface area contributed by atoms with Crippen LogP contribution in [0, 0.1) is 0 Å². The van der Waals surface area contributed by atoms with E-state index < -0.39 is 0 Å². The second kappa shape index (κ2) is 5.37. The highest BCUT2D eigenvalue weighted by Gasteiger charge is 2.00. The van der Waals surface area contributed by atoms with Gasteiger partial charge in [-0.25, -0.2) is 0 Å². The largest absolute Gasteiger partial charge is 0.305 e. The van der Waals surface area contributed by atoms with Gasteiger partial charge in [0.25, 0.3) is 0 Å². The predicted octanol–water partition coefficient (Wildman–Crippen LogP) is 0.983. The Kier molecular flexibility index (Phi) is 3.61. The van der Waals surface area contributed by atoms with Crippen molar-refractivity contribution < 1.29 is 0 Å². The van der Waals surface area contributed by atoms with E-state index in [4.69, 9.17) is 0 Å². The third-order valence-electron chi connectivity index (χ3n) is 2.34. The lowest BCUT2D eigenvalue weighted by Crippen LogP contribution is -2.16. The zero-order valence-electron chi connectivity index (χ0n) is 9.30. The molecule has 0 bridgehead atoms. The Hall–Kier alpha value is -1.75. The van der Waals surface area contributed by atoms with Gasteiger partial charge in [-0.05, 0) is 25.1 Å². The van der Waals surface area contributed by atoms with Crippen LogP contribution in [-0.2, 0) is 19.6 Å². The van der Waals surface area contributed by atoms with Crippen LogP contribution < -0.4 is 5.32 Å². The van der Waals surface area contributed by atoms with E-state index in [0.717, 1.165) is 25.3 Å². The minimum absolute atomic E-state index is 0.725. The van der Waals surface area contributed by atoms with E-state index in [1.165, 1.54) is 5.69 Å². The second-order valence-corrected chi connectivity index (χ2v) is 3.46. The molecule has 0 aliphatic carbocycles. The molecule has 0 aromatic carbocycles. The number of aromatic nitrogens is 4. The predicted molar refractivity (Wildman–Crippen MR) is 60.5 cm³/mol. The molecule has 0 saturated heterocycles. The van der Waals surface area contributed by atoms with Crippen LogP contribution in [0.5, 0.6) is 0 Å². The standard InChI is InChI=1S/C11H15N5/c1-2-16-11(5-7-14-16)9-12-8-10-4-3-6-13-15-10/h3-7,12H,2,8-9H2,1H3. The summed E-state index contributed by atoms with van der Waals surface area (Å²) in [5.74, 6) is 0. The molecule has 0 fully saturated rings. The van der Waals surface area contributed by atoms with Gasteiger partial charge in [0, 0.05) is 32.0 Å². The summed E-state index contributed by atoms with van der Waals surface area (Å²) in [7, 11) is 0. The van der Waals surface area contributed by atoms with Crippen LogP contribution in [0.3, 0.4) is 0 Å². The maximum atomic E-state index is 4.21. The molecule has 2 aromatic heterocycles. The smallest absolute Gasteiger partial charge is 0.0769 e. The van der Waals surface area contributed by atoms with Crippen LogP contribution in [0.25, 0.3) is 0 Å². The Morgan fingerprint density at radius 3 is 2.94 bits per heavy atom.